The number of aromatic carboxylic acids is 1. The summed E-state index contributed by atoms with van der Waals surface area (Å²) in [7, 11) is 0. The van der Waals surface area contributed by atoms with Gasteiger partial charge in [-0.05, 0) is 44.4 Å². The Morgan fingerprint density at radius 3 is 2.72 bits per heavy atom. The molecular formula is C11H15N3O3S. The molecule has 0 spiro atoms. The fourth-order valence-corrected chi connectivity index (χ4v) is 2.80. The number of carbonyl (C=O) groups excluding carboxylic acids is 1. The second kappa shape index (κ2) is 5.45. The molecule has 0 bridgehead atoms. The van der Waals surface area contributed by atoms with E-state index in [1.807, 2.05) is 0 Å². The zero-order valence-electron chi connectivity index (χ0n) is 10.0. The monoisotopic (exact) mass is 269 g/mol. The van der Waals surface area contributed by atoms with Crippen LogP contribution in [0.15, 0.2) is 0 Å². The molecule has 0 saturated carbocycles. The summed E-state index contributed by atoms with van der Waals surface area (Å²) in [4.78, 5) is 23.1. The van der Waals surface area contributed by atoms with E-state index < -0.39 is 5.97 Å². The van der Waals surface area contributed by atoms with Gasteiger partial charge < -0.3 is 15.7 Å². The third-order valence-electron chi connectivity index (χ3n) is 3.02. The Balaban J connectivity index is 2.09. The van der Waals surface area contributed by atoms with E-state index in [9.17, 15) is 9.59 Å². The predicted octanol–water partition coefficient (Wildman–Crippen LogP) is 1.09. The molecule has 1 amide bonds. The zero-order valence-corrected chi connectivity index (χ0v) is 10.8. The van der Waals surface area contributed by atoms with Gasteiger partial charge in [0.15, 0.2) is 0 Å². The maximum absolute atomic E-state index is 12.0. The average Bonchev–Trinajstić information content (AvgIpc) is 2.71. The molecule has 1 aliphatic heterocycles. The summed E-state index contributed by atoms with van der Waals surface area (Å²) in [6, 6.07) is 0. The molecular weight excluding hydrogens is 254 g/mol. The normalized spacial score (nSPS) is 16.5. The maximum Gasteiger partial charge on any atom is 0.340 e. The topological polar surface area (TPSA) is 91.3 Å². The largest absolute Gasteiger partial charge is 0.478 e. The molecule has 0 aliphatic carbocycles. The van der Waals surface area contributed by atoms with Crippen molar-refractivity contribution in [2.75, 3.05) is 18.4 Å². The van der Waals surface area contributed by atoms with Crippen molar-refractivity contribution >= 4 is 28.4 Å². The number of amides is 1. The van der Waals surface area contributed by atoms with Crippen LogP contribution in [0.1, 0.15) is 28.9 Å². The molecule has 98 valence electrons. The molecule has 7 heteroatoms. The van der Waals surface area contributed by atoms with Crippen LogP contribution in [0.2, 0.25) is 0 Å². The Morgan fingerprint density at radius 2 is 2.11 bits per heavy atom. The summed E-state index contributed by atoms with van der Waals surface area (Å²) < 4.78 is 3.97. The van der Waals surface area contributed by atoms with Crippen molar-refractivity contribution in [3.05, 3.63) is 11.3 Å². The Morgan fingerprint density at radius 1 is 1.44 bits per heavy atom. The summed E-state index contributed by atoms with van der Waals surface area (Å²) in [5.74, 6) is -1.21. The zero-order chi connectivity index (χ0) is 13.1. The van der Waals surface area contributed by atoms with E-state index in [4.69, 9.17) is 5.11 Å². The van der Waals surface area contributed by atoms with Crippen LogP contribution in [0.4, 0.5) is 5.00 Å². The average molecular weight is 269 g/mol. The third-order valence-corrected chi connectivity index (χ3v) is 3.88. The van der Waals surface area contributed by atoms with Crippen LogP contribution in [0.25, 0.3) is 0 Å². The number of hydrogen-bond donors (Lipinski definition) is 3. The number of anilines is 1. The fraction of sp³-hybridized carbons (Fsp3) is 0.545. The SMILES string of the molecule is Cc1nsc(NC(=O)C2CCNCC2)c1C(=O)O. The van der Waals surface area contributed by atoms with E-state index in [1.165, 1.54) is 0 Å². The number of carboxylic acids is 1. The van der Waals surface area contributed by atoms with Gasteiger partial charge in [-0.2, -0.15) is 4.37 Å². The van der Waals surface area contributed by atoms with Gasteiger partial charge in [0.25, 0.3) is 0 Å². The van der Waals surface area contributed by atoms with Gasteiger partial charge in [-0.3, -0.25) is 4.79 Å². The lowest BCUT2D eigenvalue weighted by atomic mass is 9.97. The van der Waals surface area contributed by atoms with Crippen molar-refractivity contribution in [3.63, 3.8) is 0 Å². The molecule has 0 radical (unpaired) electrons. The molecule has 3 N–H and O–H groups in total. The summed E-state index contributed by atoms with van der Waals surface area (Å²) in [5.41, 5.74) is 0.537. The summed E-state index contributed by atoms with van der Waals surface area (Å²) in [6.45, 7) is 3.28. The van der Waals surface area contributed by atoms with Gasteiger partial charge in [-0.1, -0.05) is 0 Å². The van der Waals surface area contributed by atoms with Crippen molar-refractivity contribution in [3.8, 4) is 0 Å². The highest BCUT2D eigenvalue weighted by Gasteiger charge is 2.24. The van der Waals surface area contributed by atoms with E-state index in [2.05, 4.69) is 15.0 Å². The standard InChI is InChI=1S/C11H15N3O3S/c1-6-8(11(16)17)10(18-14-6)13-9(15)7-2-4-12-5-3-7/h7,12H,2-5H2,1H3,(H,13,15)(H,16,17). The molecule has 2 rings (SSSR count). The summed E-state index contributed by atoms with van der Waals surface area (Å²) >= 11 is 1.02. The minimum absolute atomic E-state index is 0.0460. The van der Waals surface area contributed by atoms with E-state index >= 15 is 0 Å². The van der Waals surface area contributed by atoms with Gasteiger partial charge in [0.1, 0.15) is 10.6 Å². The van der Waals surface area contributed by atoms with Gasteiger partial charge >= 0.3 is 5.97 Å². The maximum atomic E-state index is 12.0. The molecule has 1 fully saturated rings. The van der Waals surface area contributed by atoms with Gasteiger partial charge in [0.2, 0.25) is 5.91 Å². The van der Waals surface area contributed by atoms with Crippen LogP contribution < -0.4 is 10.6 Å². The second-order valence-corrected chi connectivity index (χ2v) is 5.06. The Kier molecular flexibility index (Phi) is 3.93. The fourth-order valence-electron chi connectivity index (χ4n) is 2.00. The number of aryl methyl sites for hydroxylation is 1. The highest BCUT2D eigenvalue weighted by Crippen LogP contribution is 2.25. The number of carboxylic acid groups (broad SMARTS) is 1. The molecule has 1 aliphatic rings. The number of piperidine rings is 1. The van der Waals surface area contributed by atoms with Crippen molar-refractivity contribution in [2.24, 2.45) is 5.92 Å². The van der Waals surface area contributed by atoms with Crippen LogP contribution >= 0.6 is 11.5 Å². The van der Waals surface area contributed by atoms with Crippen LogP contribution in [-0.2, 0) is 4.79 Å². The molecule has 1 aromatic rings. The molecule has 0 unspecified atom stereocenters. The summed E-state index contributed by atoms with van der Waals surface area (Å²) in [6.07, 6.45) is 1.57. The predicted molar refractivity (Wildman–Crippen MR) is 68.0 cm³/mol. The van der Waals surface area contributed by atoms with E-state index in [1.54, 1.807) is 6.92 Å². The molecule has 2 heterocycles. The first kappa shape index (κ1) is 13.0. The Hall–Kier alpha value is -1.47. The lowest BCUT2D eigenvalue weighted by Gasteiger charge is -2.21. The number of hydrogen-bond acceptors (Lipinski definition) is 5. The molecule has 1 aromatic heterocycles. The van der Waals surface area contributed by atoms with Crippen molar-refractivity contribution in [2.45, 2.75) is 19.8 Å². The van der Waals surface area contributed by atoms with Crippen LogP contribution in [0.3, 0.4) is 0 Å². The molecule has 18 heavy (non-hydrogen) atoms. The Bertz CT molecular complexity index is 466. The van der Waals surface area contributed by atoms with Crippen molar-refractivity contribution < 1.29 is 14.7 Å². The lowest BCUT2D eigenvalue weighted by Crippen LogP contribution is -2.34. The highest BCUT2D eigenvalue weighted by atomic mass is 32.1. The third kappa shape index (κ3) is 2.68. The first-order valence-electron chi connectivity index (χ1n) is 5.80. The Labute approximate surface area is 109 Å². The quantitative estimate of drug-likeness (QED) is 0.764. The van der Waals surface area contributed by atoms with Crippen molar-refractivity contribution in [1.29, 1.82) is 0 Å². The van der Waals surface area contributed by atoms with Gasteiger partial charge in [-0.15, -0.1) is 0 Å². The lowest BCUT2D eigenvalue weighted by molar-refractivity contribution is -0.120. The number of carbonyl (C=O) groups is 2. The summed E-state index contributed by atoms with van der Waals surface area (Å²) in [5, 5.41) is 15.3. The van der Waals surface area contributed by atoms with E-state index in [0.717, 1.165) is 37.5 Å². The number of nitrogens with zero attached hydrogens (tertiary/aromatic N) is 1. The number of nitrogens with one attached hydrogen (secondary N) is 2. The van der Waals surface area contributed by atoms with E-state index in [0.29, 0.717) is 10.7 Å². The number of rotatable bonds is 3. The highest BCUT2D eigenvalue weighted by molar-refractivity contribution is 7.11. The molecule has 0 aromatic carbocycles. The van der Waals surface area contributed by atoms with Crippen LogP contribution in [-0.4, -0.2) is 34.4 Å². The number of aromatic nitrogens is 1. The molecule has 6 nitrogen and oxygen atoms in total. The van der Waals surface area contributed by atoms with Crippen molar-refractivity contribution in [1.82, 2.24) is 9.69 Å². The van der Waals surface area contributed by atoms with Crippen LogP contribution in [0.5, 0.6) is 0 Å². The second-order valence-electron chi connectivity index (χ2n) is 4.29. The van der Waals surface area contributed by atoms with Gasteiger partial charge in [0, 0.05) is 5.92 Å². The van der Waals surface area contributed by atoms with E-state index in [-0.39, 0.29) is 17.4 Å². The first-order chi connectivity index (χ1) is 8.59. The van der Waals surface area contributed by atoms with Gasteiger partial charge in [-0.25, -0.2) is 4.79 Å². The minimum atomic E-state index is -1.05. The molecule has 1 saturated heterocycles. The smallest absolute Gasteiger partial charge is 0.340 e. The van der Waals surface area contributed by atoms with Gasteiger partial charge in [0.05, 0.1) is 5.69 Å². The van der Waals surface area contributed by atoms with Crippen LogP contribution in [0, 0.1) is 12.8 Å². The minimum Gasteiger partial charge on any atom is -0.478 e. The molecule has 0 atom stereocenters. The first-order valence-corrected chi connectivity index (χ1v) is 6.58.